The Kier molecular flexibility index (Phi) is 82.2. The highest BCUT2D eigenvalue weighted by molar-refractivity contribution is 9.56. The van der Waals surface area contributed by atoms with Crippen molar-refractivity contribution in [3.05, 3.63) is 179 Å². The van der Waals surface area contributed by atoms with Gasteiger partial charge in [0.1, 0.15) is 29.6 Å². The van der Waals surface area contributed by atoms with Crippen LogP contribution in [0.1, 0.15) is 112 Å². The molecule has 2 heterocycles. The summed E-state index contributed by atoms with van der Waals surface area (Å²) in [5.41, 5.74) is 9.49. The number of anilines is 4. The summed E-state index contributed by atoms with van der Waals surface area (Å²) in [5.74, 6) is 4.07. The molecule has 744 valence electrons. The first kappa shape index (κ1) is 144. The normalized spacial score (nSPS) is 15.0. The Morgan fingerprint density at radius 2 is 0.575 bits per heavy atom. The van der Waals surface area contributed by atoms with E-state index in [0.717, 1.165) is 76.7 Å². The molecular weight excluding hydrogens is 2920 g/mol. The maximum atomic E-state index is 11.0. The molecule has 0 aliphatic heterocycles. The number of aromatic hydroxyl groups is 1. The topological polar surface area (TPSA) is 114 Å². The Hall–Kier alpha value is 21.7. The van der Waals surface area contributed by atoms with Gasteiger partial charge in [0.2, 0.25) is 0 Å². The molecule has 9 rings (SSSR count). The average Bonchev–Trinajstić information content (AvgIpc) is 0.718. The molecule has 10 nitrogen and oxygen atoms in total. The van der Waals surface area contributed by atoms with Crippen LogP contribution >= 0.6 is 543 Å². The summed E-state index contributed by atoms with van der Waals surface area (Å²) in [6.45, 7) is 9.66. The van der Waals surface area contributed by atoms with E-state index in [-0.39, 0.29) is 244 Å². The van der Waals surface area contributed by atoms with Crippen molar-refractivity contribution < 1.29 is 9.84 Å². The quantitative estimate of drug-likeness (QED) is 0.0256. The number of ether oxygens (including phenoxy) is 1. The third-order valence-electron chi connectivity index (χ3n) is 18.1. The molecule has 5 aromatic carbocycles. The van der Waals surface area contributed by atoms with Crippen molar-refractivity contribution in [3.63, 3.8) is 0 Å². The zero-order chi connectivity index (χ0) is 99.0. The lowest BCUT2D eigenvalue weighted by atomic mass is 9.88. The fraction of sp³-hybridized carbons (Fsp3) is 0.286. The van der Waals surface area contributed by atoms with Gasteiger partial charge in [-0.05, 0) is 300 Å². The van der Waals surface area contributed by atoms with Crippen LogP contribution in [0.2, 0.25) is 0 Å². The van der Waals surface area contributed by atoms with Gasteiger partial charge in [0.15, 0.2) is 34.5 Å². The van der Waals surface area contributed by atoms with Crippen LogP contribution in [0.4, 0.5) is 34.4 Å². The van der Waals surface area contributed by atoms with Crippen molar-refractivity contribution in [2.75, 3.05) is 10.6 Å². The summed E-state index contributed by atoms with van der Waals surface area (Å²) in [7, 11) is 126. The van der Waals surface area contributed by atoms with Crippen LogP contribution in [0, 0.1) is 27.0 Å². The standard InChI is InChI=1S/C31H30N4O.C24H24N4O.CH4.H70P68/c1-22-13-15-24(16-14-22)28-29(36-21-23-9-5-3-6-10-23)31(33-27-19-17-26(32-2)18-20-27)35-30(34-28)25-11-7-4-8-12-25;1-16-8-10-17(11-9-16)21-22(29)24(26-20-14-12-19(25-2)13-15-20)28-23(27-21)18-6-4-3-5-7-18;;1-36(2)53(35)62(54(37(3)4)38(5)6)66(61(51(31)32)52(33)34)68(65(59(47(23)24)48(25)26)60(49(27)28)50(29)30)67(63(55(39(7)8)40(9)10)56(41(11)12)42(13)14)64(57(43(15)16)44(17)18)58(45(19)20)46(21)22/h3,5-6,9-10,13-20,25H,4,7-8,11-12,21H2,1H3,(H,33,34,35);8-15,18,29H,3-7H2,1H3,(H,26,27,28);1H4;1-35H2. The number of hydrogen-bond donors (Lipinski definition) is 3. The predicted molar refractivity (Wildman–Crippen MR) is 835 cm³/mol. The van der Waals surface area contributed by atoms with Gasteiger partial charge in [-0.3, -0.25) is 0 Å². The van der Waals surface area contributed by atoms with Crippen LogP contribution < -0.4 is 15.4 Å². The van der Waals surface area contributed by atoms with Gasteiger partial charge in [0, 0.05) is 34.3 Å². The van der Waals surface area contributed by atoms with Crippen molar-refractivity contribution in [1.29, 1.82) is 0 Å². The second kappa shape index (κ2) is 76.4. The fourth-order valence-electron chi connectivity index (χ4n) is 12.4. The summed E-state index contributed by atoms with van der Waals surface area (Å²) in [6, 6.07) is 41.1. The van der Waals surface area contributed by atoms with E-state index in [9.17, 15) is 5.11 Å². The number of nitrogens with one attached hydrogen (secondary N) is 2. The lowest BCUT2D eigenvalue weighted by Gasteiger charge is -2.61. The number of rotatable bonds is 43. The van der Waals surface area contributed by atoms with E-state index in [0.29, 0.717) is 52.9 Å². The van der Waals surface area contributed by atoms with Crippen molar-refractivity contribution in [2.24, 2.45) is 0 Å². The minimum absolute atomic E-state index is 0. The van der Waals surface area contributed by atoms with Crippen LogP contribution in [0.25, 0.3) is 32.2 Å². The maximum Gasteiger partial charge on any atom is 0.188 e. The lowest BCUT2D eigenvalue weighted by Crippen LogP contribution is -2.13. The van der Waals surface area contributed by atoms with E-state index in [1.807, 2.05) is 85.8 Å². The Bertz CT molecular complexity index is 4530. The first-order chi connectivity index (χ1) is 62.7. The second-order valence-corrected chi connectivity index (χ2v) is 309. The van der Waals surface area contributed by atoms with Crippen molar-refractivity contribution in [2.45, 2.75) is 104 Å². The molecule has 2 aliphatic rings. The van der Waals surface area contributed by atoms with Crippen molar-refractivity contribution in [3.8, 4) is 34.0 Å². The highest BCUT2D eigenvalue weighted by atomic mass is 33.6. The SMILES string of the molecule is C.PP(P)P(P)P(P(P(P)P)P(P)P)P(P(P(P)P)P(P)P)P(P(P(P(P)P)P(P)P)P(P(P)P)P(P)P)P(P(P(P(P)P)P(P)P)P(P(P)P)P(P)P)P(P(P(P)P)P(P)P)P(P(P)P)P(P)P.[C-]#[N+]c1ccc(Nc2nc(C3CCCCC3)nc(-c3ccc(C)cc3)c2O)cc1.[C-]#[N+]c1ccc(Nc2nc(C3CCCCC3)nc(-c3ccc(C)cc3)c2OCc2ccccc2)cc1. The summed E-state index contributed by atoms with van der Waals surface area (Å²) < 4.78 is 6.46. The number of aromatic nitrogens is 4. The molecule has 134 heavy (non-hydrogen) atoms. The molecule has 7 aromatic rings. The van der Waals surface area contributed by atoms with Gasteiger partial charge >= 0.3 is 0 Å². The average molecular weight is 3050 g/mol. The number of hydrogen-bond acceptors (Lipinski definition) is 8. The first-order valence-electron chi connectivity index (χ1n) is 38.1. The van der Waals surface area contributed by atoms with E-state index in [2.05, 4.69) is 376 Å². The van der Waals surface area contributed by atoms with Crippen LogP contribution in [0.3, 0.4) is 0 Å². The third kappa shape index (κ3) is 46.1. The smallest absolute Gasteiger partial charge is 0.188 e. The third-order valence-corrected chi connectivity index (χ3v) is 495. The Balaban J connectivity index is 0.000000343. The Labute approximate surface area is 922 Å². The molecule has 78 heteroatoms. The van der Waals surface area contributed by atoms with Gasteiger partial charge in [-0.25, -0.2) is 29.6 Å². The molecule has 2 aromatic heterocycles. The molecule has 2 saturated carbocycles. The molecule has 3 N–H and O–H groups in total. The highest BCUT2D eigenvalue weighted by Gasteiger charge is 2.63. The fourth-order valence-corrected chi connectivity index (χ4v) is 992. The zero-order valence-electron chi connectivity index (χ0n) is 72.1. The summed E-state index contributed by atoms with van der Waals surface area (Å²) in [4.78, 5) is 26.6. The van der Waals surface area contributed by atoms with Crippen LogP contribution in [-0.2, 0) is 6.61 Å². The summed E-state index contributed by atoms with van der Waals surface area (Å²) in [5, 5.41) is 17.7. The predicted octanol–water partition coefficient (Wildman–Crippen LogP) is 55.3. The van der Waals surface area contributed by atoms with Crippen molar-refractivity contribution in [1.82, 2.24) is 19.9 Å². The van der Waals surface area contributed by atoms with E-state index in [1.54, 1.807) is 12.1 Å². The molecule has 0 amide bonds. The zero-order valence-corrected chi connectivity index (χ0v) is 142. The molecule has 39 unspecified atom stereocenters. The Morgan fingerprint density at radius 1 is 0.313 bits per heavy atom. The monoisotopic (exact) mass is 3050 g/mol. The van der Waals surface area contributed by atoms with Gasteiger partial charge in [-0.15, -0.1) is 312 Å². The molecule has 39 atom stereocenters. The minimum Gasteiger partial charge on any atom is -0.503 e. The second-order valence-electron chi connectivity index (χ2n) is 27.8. The van der Waals surface area contributed by atoms with E-state index in [1.165, 1.54) is 44.1 Å². The molecule has 2 fully saturated rings. The lowest BCUT2D eigenvalue weighted by molar-refractivity contribution is 0.306. The van der Waals surface area contributed by atoms with Gasteiger partial charge in [-0.2, -0.15) is 0 Å². The van der Waals surface area contributed by atoms with E-state index < -0.39 is 0 Å². The highest BCUT2D eigenvalue weighted by Crippen LogP contribution is 3.50. The number of aryl methyl sites for hydroxylation is 2. The molecular formula is C56H128N8O2P68. The summed E-state index contributed by atoms with van der Waals surface area (Å²) in [6.07, 6.45) is 11.7. The van der Waals surface area contributed by atoms with Gasteiger partial charge in [0.05, 0.1) is 13.1 Å². The number of benzene rings is 5. The molecule has 0 saturated heterocycles. The molecule has 0 bridgehead atoms. The molecule has 0 spiro atoms. The van der Waals surface area contributed by atoms with Crippen LogP contribution in [0.5, 0.6) is 11.5 Å². The number of nitrogens with zero attached hydrogens (tertiary/aromatic N) is 6. The summed E-state index contributed by atoms with van der Waals surface area (Å²) >= 11 is 0. The van der Waals surface area contributed by atoms with Crippen LogP contribution in [-0.4, -0.2) is 25.0 Å². The van der Waals surface area contributed by atoms with E-state index in [4.69, 9.17) is 37.8 Å². The minimum atomic E-state index is -0.350. The van der Waals surface area contributed by atoms with Gasteiger partial charge < -0.3 is 20.5 Å². The van der Waals surface area contributed by atoms with E-state index >= 15 is 0 Å². The van der Waals surface area contributed by atoms with Gasteiger partial charge in [-0.1, -0.05) is 160 Å². The Morgan fingerprint density at radius 3 is 0.866 bits per heavy atom. The maximum absolute atomic E-state index is 11.0. The molecule has 0 radical (unpaired) electrons. The largest absolute Gasteiger partial charge is 0.503 e. The van der Waals surface area contributed by atoms with Gasteiger partial charge in [0.25, 0.3) is 0 Å². The van der Waals surface area contributed by atoms with Crippen molar-refractivity contribution >= 4 is 577 Å². The molecule has 2 aliphatic carbocycles. The first-order valence-corrected chi connectivity index (χ1v) is 162. The van der Waals surface area contributed by atoms with Crippen LogP contribution in [0.15, 0.2) is 127 Å².